The van der Waals surface area contributed by atoms with E-state index in [0.717, 1.165) is 17.8 Å². The van der Waals surface area contributed by atoms with Crippen LogP contribution >= 0.6 is 0 Å². The number of benzene rings is 1. The van der Waals surface area contributed by atoms with Gasteiger partial charge < -0.3 is 14.0 Å². The number of aromatic nitrogens is 2. The second-order valence-electron chi connectivity index (χ2n) is 5.62. The Kier molecular flexibility index (Phi) is 7.54. The Hall–Kier alpha value is -2.09. The summed E-state index contributed by atoms with van der Waals surface area (Å²) in [5, 5.41) is 0. The van der Waals surface area contributed by atoms with Crippen molar-refractivity contribution in [3.05, 3.63) is 54.1 Å². The minimum atomic E-state index is 0.0816. The molecule has 24 heavy (non-hydrogen) atoms. The highest BCUT2D eigenvalue weighted by Crippen LogP contribution is 2.17. The van der Waals surface area contributed by atoms with E-state index in [0.29, 0.717) is 19.8 Å². The van der Waals surface area contributed by atoms with E-state index >= 15 is 0 Å². The molecule has 1 heterocycles. The van der Waals surface area contributed by atoms with Crippen molar-refractivity contribution in [2.45, 2.75) is 45.9 Å². The maximum Gasteiger partial charge on any atom is 0.135 e. The lowest BCUT2D eigenvalue weighted by Crippen LogP contribution is -2.23. The first-order valence-electron chi connectivity index (χ1n) is 8.47. The molecule has 0 spiro atoms. The van der Waals surface area contributed by atoms with Crippen molar-refractivity contribution in [1.82, 2.24) is 9.55 Å². The van der Waals surface area contributed by atoms with Crippen LogP contribution in [0.1, 0.15) is 44.6 Å². The third-order valence-corrected chi connectivity index (χ3v) is 3.92. The maximum atomic E-state index is 5.93. The zero-order chi connectivity index (χ0) is 17.2. The van der Waals surface area contributed by atoms with Gasteiger partial charge in [0.2, 0.25) is 0 Å². The third-order valence-electron chi connectivity index (χ3n) is 3.92. The first-order chi connectivity index (χ1) is 11.7. The molecule has 2 aromatic rings. The summed E-state index contributed by atoms with van der Waals surface area (Å²) in [6, 6.07) is 10.2. The van der Waals surface area contributed by atoms with Gasteiger partial charge in [-0.2, -0.15) is 0 Å². The SMILES string of the molecule is CCOCc1nccn1C(C)C(C)OCCC#Cc1ccccc1. The predicted molar refractivity (Wildman–Crippen MR) is 95.6 cm³/mol. The zero-order valence-electron chi connectivity index (χ0n) is 14.7. The van der Waals surface area contributed by atoms with Crippen molar-refractivity contribution in [3.63, 3.8) is 0 Å². The van der Waals surface area contributed by atoms with Gasteiger partial charge in [0.1, 0.15) is 12.4 Å². The van der Waals surface area contributed by atoms with Gasteiger partial charge in [0.05, 0.1) is 18.8 Å². The molecule has 2 atom stereocenters. The van der Waals surface area contributed by atoms with Gasteiger partial charge in [0.25, 0.3) is 0 Å². The lowest BCUT2D eigenvalue weighted by Gasteiger charge is -2.23. The number of imidazole rings is 1. The van der Waals surface area contributed by atoms with E-state index in [-0.39, 0.29) is 12.1 Å². The van der Waals surface area contributed by atoms with Crippen LogP contribution in [0.4, 0.5) is 0 Å². The molecule has 2 unspecified atom stereocenters. The van der Waals surface area contributed by atoms with Gasteiger partial charge in [0, 0.05) is 31.0 Å². The summed E-state index contributed by atoms with van der Waals surface area (Å²) in [6.07, 6.45) is 4.59. The summed E-state index contributed by atoms with van der Waals surface area (Å²) in [6.45, 7) is 8.05. The van der Waals surface area contributed by atoms with Crippen molar-refractivity contribution in [2.24, 2.45) is 0 Å². The summed E-state index contributed by atoms with van der Waals surface area (Å²) >= 11 is 0. The Balaban J connectivity index is 1.79. The van der Waals surface area contributed by atoms with Gasteiger partial charge >= 0.3 is 0 Å². The number of nitrogens with zero attached hydrogens (tertiary/aromatic N) is 2. The molecule has 0 aliphatic rings. The van der Waals surface area contributed by atoms with Crippen LogP contribution in [0.5, 0.6) is 0 Å². The molecule has 0 aliphatic heterocycles. The smallest absolute Gasteiger partial charge is 0.135 e. The van der Waals surface area contributed by atoms with Crippen molar-refractivity contribution >= 4 is 0 Å². The number of hydrogen-bond acceptors (Lipinski definition) is 3. The van der Waals surface area contributed by atoms with Crippen LogP contribution in [0, 0.1) is 11.8 Å². The Bertz CT molecular complexity index is 655. The molecule has 2 rings (SSSR count). The Morgan fingerprint density at radius 3 is 2.75 bits per heavy atom. The average Bonchev–Trinajstić information content (AvgIpc) is 3.08. The van der Waals surface area contributed by atoms with Gasteiger partial charge in [-0.05, 0) is 32.9 Å². The number of hydrogen-bond donors (Lipinski definition) is 0. The van der Waals surface area contributed by atoms with E-state index in [2.05, 4.69) is 35.2 Å². The van der Waals surface area contributed by atoms with Crippen molar-refractivity contribution in [2.75, 3.05) is 13.2 Å². The molecule has 0 radical (unpaired) electrons. The van der Waals surface area contributed by atoms with Gasteiger partial charge in [-0.25, -0.2) is 4.98 Å². The molecule has 0 saturated carbocycles. The Morgan fingerprint density at radius 1 is 1.21 bits per heavy atom. The predicted octanol–water partition coefficient (Wildman–Crippen LogP) is 3.83. The second kappa shape index (κ2) is 9.92. The van der Waals surface area contributed by atoms with E-state index in [1.54, 1.807) is 0 Å². The zero-order valence-corrected chi connectivity index (χ0v) is 14.7. The number of ether oxygens (including phenoxy) is 2. The van der Waals surface area contributed by atoms with Gasteiger partial charge in [-0.1, -0.05) is 30.0 Å². The fraction of sp³-hybridized carbons (Fsp3) is 0.450. The van der Waals surface area contributed by atoms with Crippen LogP contribution in [-0.4, -0.2) is 28.9 Å². The standard InChI is InChI=1S/C20H26N2O2/c1-4-23-16-20-21-13-14-22(20)17(2)18(3)24-15-9-8-12-19-10-6-5-7-11-19/h5-7,10-11,13-14,17-18H,4,9,15-16H2,1-3H3. The normalized spacial score (nSPS) is 13.1. The third kappa shape index (κ3) is 5.52. The highest BCUT2D eigenvalue weighted by atomic mass is 16.5. The van der Waals surface area contributed by atoms with Crippen LogP contribution in [0.2, 0.25) is 0 Å². The van der Waals surface area contributed by atoms with Crippen LogP contribution in [-0.2, 0) is 16.1 Å². The molecule has 0 aliphatic carbocycles. The summed E-state index contributed by atoms with van der Waals surface area (Å²) in [4.78, 5) is 4.36. The molecule has 1 aromatic heterocycles. The minimum Gasteiger partial charge on any atom is -0.375 e. The van der Waals surface area contributed by atoms with Crippen molar-refractivity contribution in [1.29, 1.82) is 0 Å². The highest BCUT2D eigenvalue weighted by molar-refractivity contribution is 5.33. The molecular formula is C20H26N2O2. The van der Waals surface area contributed by atoms with E-state index < -0.39 is 0 Å². The Labute approximate surface area is 144 Å². The molecule has 0 amide bonds. The fourth-order valence-electron chi connectivity index (χ4n) is 2.37. The van der Waals surface area contributed by atoms with Gasteiger partial charge in [-0.3, -0.25) is 0 Å². The summed E-state index contributed by atoms with van der Waals surface area (Å²) < 4.78 is 13.5. The monoisotopic (exact) mass is 326 g/mol. The molecule has 0 N–H and O–H groups in total. The molecule has 0 bridgehead atoms. The van der Waals surface area contributed by atoms with Gasteiger partial charge in [0.15, 0.2) is 0 Å². The van der Waals surface area contributed by atoms with Crippen molar-refractivity contribution in [3.8, 4) is 11.8 Å². The van der Waals surface area contributed by atoms with Gasteiger partial charge in [-0.15, -0.1) is 0 Å². The first-order valence-corrected chi connectivity index (χ1v) is 8.47. The number of rotatable bonds is 8. The molecule has 0 saturated heterocycles. The first kappa shape index (κ1) is 18.3. The molecule has 128 valence electrons. The topological polar surface area (TPSA) is 36.3 Å². The second-order valence-corrected chi connectivity index (χ2v) is 5.62. The average molecular weight is 326 g/mol. The van der Waals surface area contributed by atoms with Crippen LogP contribution in [0.25, 0.3) is 0 Å². The van der Waals surface area contributed by atoms with Crippen LogP contribution < -0.4 is 0 Å². The highest BCUT2D eigenvalue weighted by Gasteiger charge is 2.17. The van der Waals surface area contributed by atoms with E-state index in [4.69, 9.17) is 9.47 Å². The molecule has 1 aromatic carbocycles. The van der Waals surface area contributed by atoms with E-state index in [9.17, 15) is 0 Å². The quantitative estimate of drug-likeness (QED) is 0.546. The summed E-state index contributed by atoms with van der Waals surface area (Å²) in [7, 11) is 0. The fourth-order valence-corrected chi connectivity index (χ4v) is 2.37. The lowest BCUT2D eigenvalue weighted by atomic mass is 10.2. The molecule has 4 nitrogen and oxygen atoms in total. The van der Waals surface area contributed by atoms with Crippen molar-refractivity contribution < 1.29 is 9.47 Å². The van der Waals surface area contributed by atoms with Crippen LogP contribution in [0.15, 0.2) is 42.7 Å². The van der Waals surface area contributed by atoms with Crippen LogP contribution in [0.3, 0.4) is 0 Å². The molecule has 0 fully saturated rings. The Morgan fingerprint density at radius 2 is 2.00 bits per heavy atom. The molecule has 4 heteroatoms. The van der Waals surface area contributed by atoms with E-state index in [1.807, 2.05) is 49.6 Å². The minimum absolute atomic E-state index is 0.0816. The lowest BCUT2D eigenvalue weighted by molar-refractivity contribution is 0.0344. The molecular weight excluding hydrogens is 300 g/mol. The maximum absolute atomic E-state index is 5.93. The summed E-state index contributed by atoms with van der Waals surface area (Å²) in [5.74, 6) is 7.24. The summed E-state index contributed by atoms with van der Waals surface area (Å²) in [5.41, 5.74) is 1.04. The largest absolute Gasteiger partial charge is 0.375 e. The van der Waals surface area contributed by atoms with E-state index in [1.165, 1.54) is 0 Å².